The highest BCUT2D eigenvalue weighted by molar-refractivity contribution is 7.99. The van der Waals surface area contributed by atoms with Crippen LogP contribution in [0.1, 0.15) is 23.1 Å². The van der Waals surface area contributed by atoms with Gasteiger partial charge in [-0.2, -0.15) is 4.68 Å². The molecule has 9 heteroatoms. The molecule has 1 fully saturated rings. The highest BCUT2D eigenvalue weighted by Gasteiger charge is 2.25. The van der Waals surface area contributed by atoms with Crippen molar-refractivity contribution >= 4 is 17.7 Å². The molecule has 3 aromatic rings. The molecule has 0 spiro atoms. The average Bonchev–Trinajstić information content (AvgIpc) is 3.23. The number of carbonyl (C=O) groups is 1. The van der Waals surface area contributed by atoms with Gasteiger partial charge in [0.1, 0.15) is 5.82 Å². The van der Waals surface area contributed by atoms with Crippen LogP contribution in [-0.2, 0) is 6.54 Å². The lowest BCUT2D eigenvalue weighted by atomic mass is 10.2. The smallest absolute Gasteiger partial charge is 0.255 e. The topological polar surface area (TPSA) is 67.2 Å². The molecule has 30 heavy (non-hydrogen) atoms. The Bertz CT molecular complexity index is 1020. The summed E-state index contributed by atoms with van der Waals surface area (Å²) >= 11 is 1.69. The maximum absolute atomic E-state index is 13.6. The van der Waals surface area contributed by atoms with Crippen molar-refractivity contribution in [3.8, 4) is 5.69 Å². The quantitative estimate of drug-likeness (QED) is 0.565. The van der Waals surface area contributed by atoms with Crippen molar-refractivity contribution in [3.05, 3.63) is 65.7 Å². The third-order valence-electron chi connectivity index (χ3n) is 5.03. The zero-order valence-electron chi connectivity index (χ0n) is 16.7. The summed E-state index contributed by atoms with van der Waals surface area (Å²) in [4.78, 5) is 18.2. The molecule has 1 amide bonds. The van der Waals surface area contributed by atoms with Gasteiger partial charge in [-0.1, -0.05) is 25.1 Å². The van der Waals surface area contributed by atoms with Gasteiger partial charge in [-0.15, -0.1) is 16.9 Å². The number of thioether (sulfide) groups is 1. The predicted molar refractivity (Wildman–Crippen MR) is 113 cm³/mol. The monoisotopic (exact) mass is 426 g/mol. The number of aromatic nitrogens is 4. The number of tetrazole rings is 1. The van der Waals surface area contributed by atoms with Crippen LogP contribution in [0.25, 0.3) is 5.69 Å². The molecule has 1 saturated heterocycles. The minimum absolute atomic E-state index is 0.0794. The summed E-state index contributed by atoms with van der Waals surface area (Å²) in [7, 11) is 0. The van der Waals surface area contributed by atoms with E-state index in [4.69, 9.17) is 0 Å². The number of hydrogen-bond donors (Lipinski definition) is 0. The van der Waals surface area contributed by atoms with Gasteiger partial charge >= 0.3 is 0 Å². The van der Waals surface area contributed by atoms with Gasteiger partial charge in [0.15, 0.2) is 5.82 Å². The number of hydrogen-bond acceptors (Lipinski definition) is 6. The summed E-state index contributed by atoms with van der Waals surface area (Å²) < 4.78 is 15.1. The van der Waals surface area contributed by atoms with Gasteiger partial charge in [-0.25, -0.2) is 4.39 Å². The molecule has 4 rings (SSSR count). The van der Waals surface area contributed by atoms with Gasteiger partial charge in [-0.3, -0.25) is 9.69 Å². The molecule has 2 heterocycles. The number of halogens is 1. The van der Waals surface area contributed by atoms with Crippen molar-refractivity contribution < 1.29 is 9.18 Å². The molecule has 1 aliphatic rings. The molecule has 0 N–H and O–H groups in total. The molecule has 7 nitrogen and oxygen atoms in total. The highest BCUT2D eigenvalue weighted by Crippen LogP contribution is 2.24. The third kappa shape index (κ3) is 4.52. The van der Waals surface area contributed by atoms with Gasteiger partial charge in [0.2, 0.25) is 0 Å². The van der Waals surface area contributed by atoms with Crippen molar-refractivity contribution in [1.29, 1.82) is 0 Å². The predicted octanol–water partition coefficient (Wildman–Crippen LogP) is 2.87. The Labute approximate surface area is 178 Å². The fraction of sp³-hybridized carbons (Fsp3) is 0.333. The molecule has 0 atom stereocenters. The summed E-state index contributed by atoms with van der Waals surface area (Å²) in [6, 6.07) is 14.0. The Morgan fingerprint density at radius 3 is 2.67 bits per heavy atom. The van der Waals surface area contributed by atoms with Crippen LogP contribution in [0.2, 0.25) is 0 Å². The van der Waals surface area contributed by atoms with E-state index in [2.05, 4.69) is 27.3 Å². The molecule has 2 aromatic carbocycles. The van der Waals surface area contributed by atoms with Gasteiger partial charge < -0.3 is 4.90 Å². The van der Waals surface area contributed by atoms with Crippen molar-refractivity contribution in [2.24, 2.45) is 0 Å². The number of benzene rings is 2. The number of nitrogens with zero attached hydrogens (tertiary/aromatic N) is 6. The molecular weight excluding hydrogens is 403 g/mol. The molecule has 0 bridgehead atoms. The van der Waals surface area contributed by atoms with E-state index in [1.807, 2.05) is 29.2 Å². The molecule has 0 unspecified atom stereocenters. The minimum Gasteiger partial charge on any atom is -0.336 e. The van der Waals surface area contributed by atoms with E-state index in [0.717, 1.165) is 29.3 Å². The van der Waals surface area contributed by atoms with E-state index in [0.29, 0.717) is 31.1 Å². The normalized spacial score (nSPS) is 14.8. The summed E-state index contributed by atoms with van der Waals surface area (Å²) in [6.45, 7) is 5.36. The zero-order chi connectivity index (χ0) is 20.9. The lowest BCUT2D eigenvalue weighted by Crippen LogP contribution is -2.48. The fourth-order valence-electron chi connectivity index (χ4n) is 3.52. The molecule has 0 radical (unpaired) electrons. The minimum atomic E-state index is -0.331. The van der Waals surface area contributed by atoms with Crippen LogP contribution in [-0.4, -0.2) is 67.8 Å². The summed E-state index contributed by atoms with van der Waals surface area (Å²) in [5, 5.41) is 11.9. The summed E-state index contributed by atoms with van der Waals surface area (Å²) in [5.41, 5.74) is 1.36. The van der Waals surface area contributed by atoms with Gasteiger partial charge in [0.25, 0.3) is 5.91 Å². The second-order valence-electron chi connectivity index (χ2n) is 6.98. The molecule has 1 aliphatic heterocycles. The van der Waals surface area contributed by atoms with Gasteiger partial charge in [0.05, 0.1) is 17.8 Å². The van der Waals surface area contributed by atoms with Crippen LogP contribution < -0.4 is 0 Å². The Morgan fingerprint density at radius 2 is 1.90 bits per heavy atom. The number of carbonyl (C=O) groups excluding carboxylic acids is 1. The van der Waals surface area contributed by atoms with Crippen LogP contribution in [0, 0.1) is 5.82 Å². The van der Waals surface area contributed by atoms with Crippen LogP contribution in [0.5, 0.6) is 0 Å². The van der Waals surface area contributed by atoms with Crippen LogP contribution in [0.3, 0.4) is 0 Å². The fourth-order valence-corrected chi connectivity index (χ4v) is 4.31. The first-order valence-corrected chi connectivity index (χ1v) is 10.9. The summed E-state index contributed by atoms with van der Waals surface area (Å²) in [6.07, 6.45) is 0. The van der Waals surface area contributed by atoms with Gasteiger partial charge in [0, 0.05) is 31.1 Å². The van der Waals surface area contributed by atoms with Crippen molar-refractivity contribution in [3.63, 3.8) is 0 Å². The van der Waals surface area contributed by atoms with Crippen LogP contribution in [0.4, 0.5) is 4.39 Å². The highest BCUT2D eigenvalue weighted by atomic mass is 32.2. The molecule has 0 aliphatic carbocycles. The molecule has 0 saturated carbocycles. The van der Waals surface area contributed by atoms with Crippen molar-refractivity contribution in [2.45, 2.75) is 18.4 Å². The third-order valence-corrected chi connectivity index (χ3v) is 5.98. The molecule has 1 aromatic heterocycles. The van der Waals surface area contributed by atoms with Crippen LogP contribution >= 0.6 is 11.8 Å². The number of rotatable bonds is 6. The van der Waals surface area contributed by atoms with E-state index in [-0.39, 0.29) is 11.7 Å². The Balaban J connectivity index is 1.39. The Morgan fingerprint density at radius 1 is 1.10 bits per heavy atom. The lowest BCUT2D eigenvalue weighted by Gasteiger charge is -2.34. The van der Waals surface area contributed by atoms with E-state index >= 15 is 0 Å². The lowest BCUT2D eigenvalue weighted by molar-refractivity contribution is 0.0621. The van der Waals surface area contributed by atoms with Crippen molar-refractivity contribution in [1.82, 2.24) is 30.0 Å². The largest absolute Gasteiger partial charge is 0.336 e. The Kier molecular flexibility index (Phi) is 6.39. The number of piperazine rings is 1. The SMILES string of the molecule is CCSc1ccccc1C(=O)N1CCN(Cc2nnnn2-c2cccc(F)c2)CC1. The maximum Gasteiger partial charge on any atom is 0.255 e. The first-order chi connectivity index (χ1) is 14.7. The Hall–Kier alpha value is -2.78. The van der Waals surface area contributed by atoms with Crippen LogP contribution in [0.15, 0.2) is 53.4 Å². The van der Waals surface area contributed by atoms with E-state index in [9.17, 15) is 9.18 Å². The number of amides is 1. The van der Waals surface area contributed by atoms with E-state index in [1.165, 1.54) is 12.1 Å². The second kappa shape index (κ2) is 9.36. The van der Waals surface area contributed by atoms with E-state index < -0.39 is 0 Å². The van der Waals surface area contributed by atoms with E-state index in [1.54, 1.807) is 28.6 Å². The van der Waals surface area contributed by atoms with Crippen molar-refractivity contribution in [2.75, 3.05) is 31.9 Å². The van der Waals surface area contributed by atoms with Gasteiger partial charge in [-0.05, 0) is 46.5 Å². The molecular formula is C21H23FN6OS. The maximum atomic E-state index is 13.6. The second-order valence-corrected chi connectivity index (χ2v) is 8.29. The first-order valence-electron chi connectivity index (χ1n) is 9.92. The zero-order valence-corrected chi connectivity index (χ0v) is 17.6. The molecule has 156 valence electrons. The summed E-state index contributed by atoms with van der Waals surface area (Å²) in [5.74, 6) is 1.32. The first kappa shape index (κ1) is 20.5. The standard InChI is InChI=1S/C21H23FN6OS/c1-2-30-19-9-4-3-8-18(19)21(29)27-12-10-26(11-13-27)15-20-23-24-25-28(20)17-7-5-6-16(22)14-17/h3-9,14H,2,10-13,15H2,1H3. The average molecular weight is 427 g/mol.